The molecule has 1 aromatic heterocycles. The van der Waals surface area contributed by atoms with E-state index in [1.807, 2.05) is 31.2 Å². The van der Waals surface area contributed by atoms with E-state index in [-0.39, 0.29) is 17.4 Å². The molecule has 0 spiro atoms. The Morgan fingerprint density at radius 3 is 2.33 bits per heavy atom. The van der Waals surface area contributed by atoms with Gasteiger partial charge in [-0.3, -0.25) is 14.6 Å². The second-order valence-electron chi connectivity index (χ2n) is 7.60. The molecule has 0 saturated heterocycles. The van der Waals surface area contributed by atoms with Crippen LogP contribution in [-0.2, 0) is 0 Å². The summed E-state index contributed by atoms with van der Waals surface area (Å²) in [5, 5.41) is 2.09. The number of nitrogen functional groups attached to an aromatic ring is 1. The number of amides is 1. The van der Waals surface area contributed by atoms with E-state index < -0.39 is 5.91 Å². The lowest BCUT2D eigenvalue weighted by atomic mass is 9.94. The average Bonchev–Trinajstić information content (AvgIpc) is 2.84. The fourth-order valence-corrected chi connectivity index (χ4v) is 4.01. The Hall–Kier alpha value is -4.30. The topological polar surface area (TPSA) is 141 Å². The molecular formula is C25H24N6O2. The van der Waals surface area contributed by atoms with Gasteiger partial charge in [0, 0.05) is 22.2 Å². The summed E-state index contributed by atoms with van der Waals surface area (Å²) in [6.07, 6.45) is 1.93. The van der Waals surface area contributed by atoms with Crippen molar-refractivity contribution in [1.82, 2.24) is 9.97 Å². The minimum Gasteiger partial charge on any atom is -0.398 e. The Morgan fingerprint density at radius 2 is 1.64 bits per heavy atom. The Morgan fingerprint density at radius 1 is 0.939 bits per heavy atom. The smallest absolute Gasteiger partial charge is 0.250 e. The second kappa shape index (κ2) is 9.05. The molecule has 0 radical (unpaired) electrons. The van der Waals surface area contributed by atoms with Crippen molar-refractivity contribution in [2.75, 3.05) is 10.7 Å². The van der Waals surface area contributed by atoms with Crippen LogP contribution in [0.5, 0.6) is 0 Å². The number of benzene rings is 3. The molecule has 0 aliphatic rings. The number of aromatic nitrogens is 2. The molecule has 8 nitrogen and oxygen atoms in total. The monoisotopic (exact) mass is 440 g/mol. The van der Waals surface area contributed by atoms with Crippen molar-refractivity contribution in [2.24, 2.45) is 11.6 Å². The van der Waals surface area contributed by atoms with Gasteiger partial charge >= 0.3 is 0 Å². The van der Waals surface area contributed by atoms with Crippen LogP contribution in [0.2, 0.25) is 0 Å². The Balaban J connectivity index is 1.78. The van der Waals surface area contributed by atoms with Crippen molar-refractivity contribution < 1.29 is 9.59 Å². The molecular weight excluding hydrogens is 416 g/mol. The summed E-state index contributed by atoms with van der Waals surface area (Å²) in [7, 11) is 0. The fraction of sp³-hybridized carbons (Fsp3) is 0.120. The first-order chi connectivity index (χ1) is 15.9. The Labute approximate surface area is 191 Å². The summed E-state index contributed by atoms with van der Waals surface area (Å²) in [5.74, 6) is 6.25. The molecule has 1 atom stereocenters. The van der Waals surface area contributed by atoms with Crippen molar-refractivity contribution >= 4 is 34.1 Å². The largest absolute Gasteiger partial charge is 0.398 e. The van der Waals surface area contributed by atoms with Gasteiger partial charge in [0.2, 0.25) is 0 Å². The van der Waals surface area contributed by atoms with Crippen molar-refractivity contribution in [3.05, 3.63) is 95.3 Å². The molecule has 0 aliphatic carbocycles. The molecule has 4 rings (SSSR count). The molecule has 4 aromatic rings. The molecule has 0 bridgehead atoms. The van der Waals surface area contributed by atoms with Crippen LogP contribution in [0.1, 0.15) is 51.2 Å². The van der Waals surface area contributed by atoms with Crippen LogP contribution in [0.25, 0.3) is 10.9 Å². The molecule has 166 valence electrons. The summed E-state index contributed by atoms with van der Waals surface area (Å²) >= 11 is 0. The van der Waals surface area contributed by atoms with Crippen LogP contribution in [0.4, 0.5) is 11.5 Å². The van der Waals surface area contributed by atoms with Crippen LogP contribution in [0, 0.1) is 0 Å². The molecule has 0 aliphatic heterocycles. The quantitative estimate of drug-likeness (QED) is 0.173. The number of hydrogen-bond donors (Lipinski definition) is 3. The van der Waals surface area contributed by atoms with Crippen molar-refractivity contribution in [2.45, 2.75) is 19.4 Å². The first-order valence-electron chi connectivity index (χ1n) is 10.5. The molecule has 1 unspecified atom stereocenters. The minimum absolute atomic E-state index is 0.160. The number of hydrogen-bond acceptors (Lipinski definition) is 7. The van der Waals surface area contributed by atoms with E-state index >= 15 is 0 Å². The molecule has 0 saturated carbocycles. The number of hydrazine groups is 1. The Bertz CT molecular complexity index is 1340. The van der Waals surface area contributed by atoms with Gasteiger partial charge in [0.1, 0.15) is 6.33 Å². The molecule has 1 amide bonds. The van der Waals surface area contributed by atoms with Crippen LogP contribution in [-0.4, -0.2) is 21.7 Å². The third-order valence-electron chi connectivity index (χ3n) is 5.66. The number of fused-ring (bicyclic) bond motifs is 1. The first-order valence-corrected chi connectivity index (χ1v) is 10.5. The second-order valence-corrected chi connectivity index (χ2v) is 7.60. The highest BCUT2D eigenvalue weighted by Gasteiger charge is 2.25. The van der Waals surface area contributed by atoms with E-state index in [0.29, 0.717) is 45.5 Å². The summed E-state index contributed by atoms with van der Waals surface area (Å²) in [6, 6.07) is 19.0. The highest BCUT2D eigenvalue weighted by Crippen LogP contribution is 2.35. The number of anilines is 2. The van der Waals surface area contributed by atoms with Crippen molar-refractivity contribution in [3.8, 4) is 0 Å². The molecule has 0 fully saturated rings. The van der Waals surface area contributed by atoms with Gasteiger partial charge in [-0.2, -0.15) is 0 Å². The Kier molecular flexibility index (Phi) is 6.01. The van der Waals surface area contributed by atoms with E-state index in [9.17, 15) is 9.59 Å². The molecule has 33 heavy (non-hydrogen) atoms. The third-order valence-corrected chi connectivity index (χ3v) is 5.66. The van der Waals surface area contributed by atoms with Gasteiger partial charge in [0.25, 0.3) is 5.91 Å². The lowest BCUT2D eigenvalue weighted by Crippen LogP contribution is -2.36. The number of ketones is 1. The summed E-state index contributed by atoms with van der Waals surface area (Å²) < 4.78 is 0. The van der Waals surface area contributed by atoms with E-state index in [0.717, 1.165) is 0 Å². The zero-order valence-electron chi connectivity index (χ0n) is 18.1. The van der Waals surface area contributed by atoms with E-state index in [2.05, 4.69) is 9.97 Å². The minimum atomic E-state index is -0.586. The molecule has 8 heteroatoms. The number of nitrogens with two attached hydrogens (primary N) is 3. The molecule has 1 heterocycles. The lowest BCUT2D eigenvalue weighted by Gasteiger charge is -2.30. The maximum atomic E-state index is 13.1. The van der Waals surface area contributed by atoms with Gasteiger partial charge in [-0.25, -0.2) is 15.8 Å². The normalized spacial score (nSPS) is 11.8. The predicted octanol–water partition coefficient (Wildman–Crippen LogP) is 3.37. The number of para-hydroxylation sites is 2. The number of carbonyl (C=O) groups is 2. The van der Waals surface area contributed by atoms with Gasteiger partial charge in [-0.1, -0.05) is 55.5 Å². The van der Waals surface area contributed by atoms with Gasteiger partial charge < -0.3 is 11.5 Å². The van der Waals surface area contributed by atoms with Crippen LogP contribution < -0.4 is 22.3 Å². The highest BCUT2D eigenvalue weighted by atomic mass is 16.1. The van der Waals surface area contributed by atoms with Crippen LogP contribution >= 0.6 is 0 Å². The van der Waals surface area contributed by atoms with Crippen LogP contribution in [0.3, 0.4) is 0 Å². The third kappa shape index (κ3) is 3.99. The zero-order valence-corrected chi connectivity index (χ0v) is 18.1. The first kappa shape index (κ1) is 21.9. The molecule has 6 N–H and O–H groups in total. The number of nitrogens with zero attached hydrogens (tertiary/aromatic N) is 3. The lowest BCUT2D eigenvalue weighted by molar-refractivity contribution is 0.1000. The summed E-state index contributed by atoms with van der Waals surface area (Å²) in [4.78, 5) is 33.5. The number of carbonyl (C=O) groups excluding carboxylic acids is 2. The van der Waals surface area contributed by atoms with Crippen molar-refractivity contribution in [3.63, 3.8) is 0 Å². The fourth-order valence-electron chi connectivity index (χ4n) is 4.01. The maximum Gasteiger partial charge on any atom is 0.250 e. The number of rotatable bonds is 7. The predicted molar refractivity (Wildman–Crippen MR) is 128 cm³/mol. The SMILES string of the molecule is CCC(c1cccc(C(=O)c2ccccc2)c1N)N(N)c1ncnc2c(C(N)=O)cccc12. The van der Waals surface area contributed by atoms with E-state index in [1.165, 1.54) is 11.3 Å². The standard InChI is InChI=1S/C25H24N6O2/c1-2-20(16-10-6-11-17(21(16)26)23(32)15-8-4-3-5-9-15)31(28)25-19-13-7-12-18(24(27)33)22(19)29-14-30-25/h3-14,20H,2,26,28H2,1H3,(H2,27,33). The van der Waals surface area contributed by atoms with Gasteiger partial charge in [0.05, 0.1) is 17.1 Å². The average molecular weight is 441 g/mol. The maximum absolute atomic E-state index is 13.1. The van der Waals surface area contributed by atoms with Crippen LogP contribution in [0.15, 0.2) is 73.1 Å². The van der Waals surface area contributed by atoms with E-state index in [1.54, 1.807) is 42.5 Å². The summed E-state index contributed by atoms with van der Waals surface area (Å²) in [5.41, 5.74) is 14.7. The summed E-state index contributed by atoms with van der Waals surface area (Å²) in [6.45, 7) is 1.97. The highest BCUT2D eigenvalue weighted by molar-refractivity contribution is 6.12. The van der Waals surface area contributed by atoms with Gasteiger partial charge in [0.15, 0.2) is 11.6 Å². The zero-order chi connectivity index (χ0) is 23.5. The number of primary amides is 1. The van der Waals surface area contributed by atoms with Crippen molar-refractivity contribution in [1.29, 1.82) is 0 Å². The van der Waals surface area contributed by atoms with Gasteiger partial charge in [-0.05, 0) is 30.2 Å². The van der Waals surface area contributed by atoms with Gasteiger partial charge in [-0.15, -0.1) is 0 Å². The van der Waals surface area contributed by atoms with E-state index in [4.69, 9.17) is 17.3 Å². The molecule has 3 aromatic carbocycles.